The average molecular weight is 203 g/mol. The molecule has 4 nitrogen and oxygen atoms in total. The molecule has 1 aliphatic rings. The minimum absolute atomic E-state index is 0.318. The molecule has 0 radical (unpaired) electrons. The topological polar surface area (TPSA) is 39.7 Å². The molecule has 0 saturated carbocycles. The molecule has 0 aromatic rings. The number of methoxy groups -OCH3 is 1. The van der Waals surface area contributed by atoms with Crippen molar-refractivity contribution in [2.75, 3.05) is 40.2 Å². The maximum absolute atomic E-state index is 5.40. The van der Waals surface area contributed by atoms with E-state index in [4.69, 9.17) is 14.2 Å². The maximum Gasteiger partial charge on any atom is 0.147 e. The van der Waals surface area contributed by atoms with Crippen LogP contribution in [-0.4, -0.2) is 46.3 Å². The van der Waals surface area contributed by atoms with E-state index in [1.807, 2.05) is 0 Å². The highest BCUT2D eigenvalue weighted by atomic mass is 16.7. The van der Waals surface area contributed by atoms with Gasteiger partial charge in [0.1, 0.15) is 6.79 Å². The van der Waals surface area contributed by atoms with E-state index in [2.05, 4.69) is 12.2 Å². The molecule has 0 aromatic carbocycles. The molecule has 1 fully saturated rings. The lowest BCUT2D eigenvalue weighted by molar-refractivity contribution is -0.137. The third-order valence-corrected chi connectivity index (χ3v) is 2.29. The molecule has 0 spiro atoms. The first-order valence-electron chi connectivity index (χ1n) is 5.22. The summed E-state index contributed by atoms with van der Waals surface area (Å²) in [6, 6.07) is 0. The summed E-state index contributed by atoms with van der Waals surface area (Å²) in [5.41, 5.74) is 0. The minimum Gasteiger partial charge on any atom is -0.384 e. The van der Waals surface area contributed by atoms with Crippen LogP contribution in [0.4, 0.5) is 0 Å². The lowest BCUT2D eigenvalue weighted by atomic mass is 10.2. The zero-order valence-corrected chi connectivity index (χ0v) is 9.12. The Hall–Kier alpha value is -0.160. The number of nitrogens with one attached hydrogen (secondary N) is 1. The molecule has 84 valence electrons. The van der Waals surface area contributed by atoms with E-state index < -0.39 is 0 Å². The van der Waals surface area contributed by atoms with Crippen LogP contribution in [0.2, 0.25) is 0 Å². The molecule has 0 amide bonds. The second-order valence-electron chi connectivity index (χ2n) is 3.82. The SMILES string of the molecule is COCC(C)CNCC1CCOCO1. The molecule has 4 heteroatoms. The largest absolute Gasteiger partial charge is 0.384 e. The lowest BCUT2D eigenvalue weighted by Crippen LogP contribution is -2.36. The fourth-order valence-corrected chi connectivity index (χ4v) is 1.50. The van der Waals surface area contributed by atoms with E-state index in [0.29, 0.717) is 18.8 Å². The molecule has 2 atom stereocenters. The molecule has 1 N–H and O–H groups in total. The second-order valence-corrected chi connectivity index (χ2v) is 3.82. The van der Waals surface area contributed by atoms with Gasteiger partial charge >= 0.3 is 0 Å². The predicted octanol–water partition coefficient (Wildman–Crippen LogP) is 0.621. The van der Waals surface area contributed by atoms with Crippen molar-refractivity contribution in [3.05, 3.63) is 0 Å². The Morgan fingerprint density at radius 3 is 3.07 bits per heavy atom. The Morgan fingerprint density at radius 1 is 1.57 bits per heavy atom. The van der Waals surface area contributed by atoms with Gasteiger partial charge in [-0.25, -0.2) is 0 Å². The molecule has 0 aromatic heterocycles. The van der Waals surface area contributed by atoms with Crippen LogP contribution < -0.4 is 5.32 Å². The van der Waals surface area contributed by atoms with Crippen LogP contribution in [0.1, 0.15) is 13.3 Å². The van der Waals surface area contributed by atoms with Gasteiger partial charge in [-0.05, 0) is 18.9 Å². The molecular formula is C10H21NO3. The smallest absolute Gasteiger partial charge is 0.147 e. The van der Waals surface area contributed by atoms with Crippen LogP contribution in [0, 0.1) is 5.92 Å². The minimum atomic E-state index is 0.318. The van der Waals surface area contributed by atoms with Gasteiger partial charge in [-0.3, -0.25) is 0 Å². The maximum atomic E-state index is 5.40. The van der Waals surface area contributed by atoms with Crippen LogP contribution in [0.5, 0.6) is 0 Å². The van der Waals surface area contributed by atoms with Crippen molar-refractivity contribution in [2.24, 2.45) is 5.92 Å². The van der Waals surface area contributed by atoms with Gasteiger partial charge in [-0.15, -0.1) is 0 Å². The number of hydrogen-bond donors (Lipinski definition) is 1. The van der Waals surface area contributed by atoms with E-state index in [1.165, 1.54) is 0 Å². The molecule has 2 unspecified atom stereocenters. The van der Waals surface area contributed by atoms with Crippen molar-refractivity contribution in [1.82, 2.24) is 5.32 Å². The van der Waals surface area contributed by atoms with Crippen molar-refractivity contribution < 1.29 is 14.2 Å². The first-order chi connectivity index (χ1) is 6.83. The summed E-state index contributed by atoms with van der Waals surface area (Å²) in [6.07, 6.45) is 1.31. The van der Waals surface area contributed by atoms with Crippen molar-refractivity contribution in [3.8, 4) is 0 Å². The Bertz CT molecular complexity index is 137. The van der Waals surface area contributed by atoms with Gasteiger partial charge in [-0.2, -0.15) is 0 Å². The van der Waals surface area contributed by atoms with Gasteiger partial charge in [0.05, 0.1) is 12.7 Å². The van der Waals surface area contributed by atoms with Crippen LogP contribution in [0.3, 0.4) is 0 Å². The fraction of sp³-hybridized carbons (Fsp3) is 1.00. The van der Waals surface area contributed by atoms with E-state index in [-0.39, 0.29) is 0 Å². The summed E-state index contributed by atoms with van der Waals surface area (Å²) in [7, 11) is 1.73. The molecule has 1 heterocycles. The summed E-state index contributed by atoms with van der Waals surface area (Å²) in [6.45, 7) is 6.13. The Balaban J connectivity index is 1.96. The third-order valence-electron chi connectivity index (χ3n) is 2.29. The van der Waals surface area contributed by atoms with Crippen LogP contribution in [-0.2, 0) is 14.2 Å². The lowest BCUT2D eigenvalue weighted by Gasteiger charge is -2.23. The van der Waals surface area contributed by atoms with Gasteiger partial charge < -0.3 is 19.5 Å². The summed E-state index contributed by atoms with van der Waals surface area (Å²) >= 11 is 0. The number of hydrogen-bond acceptors (Lipinski definition) is 4. The summed E-state index contributed by atoms with van der Waals surface area (Å²) in [5.74, 6) is 0.555. The van der Waals surface area contributed by atoms with Crippen LogP contribution >= 0.6 is 0 Å². The summed E-state index contributed by atoms with van der Waals surface area (Å²) in [5, 5.41) is 3.38. The molecule has 0 bridgehead atoms. The van der Waals surface area contributed by atoms with Gasteiger partial charge in [0.2, 0.25) is 0 Å². The normalized spacial score (nSPS) is 24.9. The predicted molar refractivity (Wildman–Crippen MR) is 54.2 cm³/mol. The molecular weight excluding hydrogens is 182 g/mol. The first kappa shape index (κ1) is 11.9. The van der Waals surface area contributed by atoms with E-state index in [1.54, 1.807) is 7.11 Å². The Kier molecular flexibility index (Phi) is 6.10. The molecule has 0 aliphatic carbocycles. The van der Waals surface area contributed by atoms with E-state index >= 15 is 0 Å². The molecule has 14 heavy (non-hydrogen) atoms. The van der Waals surface area contributed by atoms with Gasteiger partial charge in [0.15, 0.2) is 0 Å². The zero-order valence-electron chi connectivity index (χ0n) is 9.12. The zero-order chi connectivity index (χ0) is 10.2. The highest BCUT2D eigenvalue weighted by molar-refractivity contribution is 4.65. The highest BCUT2D eigenvalue weighted by Crippen LogP contribution is 2.04. The monoisotopic (exact) mass is 203 g/mol. The first-order valence-corrected chi connectivity index (χ1v) is 5.22. The Morgan fingerprint density at radius 2 is 2.43 bits per heavy atom. The number of rotatable bonds is 6. The molecule has 1 rings (SSSR count). The van der Waals surface area contributed by atoms with Crippen molar-refractivity contribution in [2.45, 2.75) is 19.4 Å². The van der Waals surface area contributed by atoms with E-state index in [0.717, 1.165) is 32.7 Å². The van der Waals surface area contributed by atoms with Crippen LogP contribution in [0.25, 0.3) is 0 Å². The highest BCUT2D eigenvalue weighted by Gasteiger charge is 2.13. The van der Waals surface area contributed by atoms with Crippen molar-refractivity contribution in [3.63, 3.8) is 0 Å². The Labute approximate surface area is 85.9 Å². The van der Waals surface area contributed by atoms with Crippen molar-refractivity contribution in [1.29, 1.82) is 0 Å². The molecule has 1 saturated heterocycles. The molecule has 1 aliphatic heterocycles. The summed E-state index contributed by atoms with van der Waals surface area (Å²) < 4.78 is 15.6. The van der Waals surface area contributed by atoms with Gasteiger partial charge in [0.25, 0.3) is 0 Å². The van der Waals surface area contributed by atoms with E-state index in [9.17, 15) is 0 Å². The number of ether oxygens (including phenoxy) is 3. The third kappa shape index (κ3) is 4.91. The van der Waals surface area contributed by atoms with Crippen molar-refractivity contribution >= 4 is 0 Å². The standard InChI is InChI=1S/C10H21NO3/c1-9(7-12-2)5-11-6-10-3-4-13-8-14-10/h9-11H,3-8H2,1-2H3. The van der Waals surface area contributed by atoms with Gasteiger partial charge in [-0.1, -0.05) is 6.92 Å². The fourth-order valence-electron chi connectivity index (χ4n) is 1.50. The van der Waals surface area contributed by atoms with Crippen LogP contribution in [0.15, 0.2) is 0 Å². The second kappa shape index (κ2) is 7.17. The average Bonchev–Trinajstić information content (AvgIpc) is 2.20. The van der Waals surface area contributed by atoms with Gasteiger partial charge in [0, 0.05) is 20.3 Å². The quantitative estimate of drug-likeness (QED) is 0.687. The summed E-state index contributed by atoms with van der Waals surface area (Å²) in [4.78, 5) is 0.